The van der Waals surface area contributed by atoms with Gasteiger partial charge >= 0.3 is 0 Å². The summed E-state index contributed by atoms with van der Waals surface area (Å²) in [6.45, 7) is 3.85. The highest BCUT2D eigenvalue weighted by Gasteiger charge is 2.63. The molecule has 3 aliphatic carbocycles. The van der Waals surface area contributed by atoms with Gasteiger partial charge in [-0.05, 0) is 44.5 Å². The third-order valence-corrected chi connectivity index (χ3v) is 8.03. The zero-order valence-electron chi connectivity index (χ0n) is 24.1. The van der Waals surface area contributed by atoms with E-state index >= 15 is 0 Å². The van der Waals surface area contributed by atoms with Crippen molar-refractivity contribution in [2.45, 2.75) is 24.5 Å². The van der Waals surface area contributed by atoms with Gasteiger partial charge in [0.15, 0.2) is 17.1 Å². The lowest BCUT2D eigenvalue weighted by molar-refractivity contribution is -0.148. The molecule has 0 saturated carbocycles. The summed E-state index contributed by atoms with van der Waals surface area (Å²) in [4.78, 5) is 55.3. The summed E-state index contributed by atoms with van der Waals surface area (Å²) >= 11 is 0. The summed E-state index contributed by atoms with van der Waals surface area (Å²) in [5.41, 5.74) is 2.24. The van der Waals surface area contributed by atoms with Gasteiger partial charge in [0.1, 0.15) is 17.1 Å². The molecule has 0 fully saturated rings. The number of rotatable bonds is 8. The first-order valence-corrected chi connectivity index (χ1v) is 13.0. The number of aliphatic hydroxyl groups is 3. The van der Waals surface area contributed by atoms with E-state index in [2.05, 4.69) is 17.2 Å². The molecule has 0 radical (unpaired) electrons. The molecule has 15 heteroatoms. The minimum Gasteiger partial charge on any atom is -0.510 e. The SMILES string of the molecule is C=CCNCC(=O)Nc1cc(N(C)C)c2c(c1O)C(=O)C1=C(O)C3(O)C(=O)C(C(N)=O)=C(O)[C@@H](N(C)C)C3CC1C2.Cl.Cl. The highest BCUT2D eigenvalue weighted by Crippen LogP contribution is 2.53. The van der Waals surface area contributed by atoms with Gasteiger partial charge in [0.05, 0.1) is 23.8 Å². The molecule has 8 N–H and O–H groups in total. The topological polar surface area (TPSA) is 206 Å². The van der Waals surface area contributed by atoms with E-state index in [0.717, 1.165) is 0 Å². The minimum atomic E-state index is -2.73. The predicted molar refractivity (Wildman–Crippen MR) is 164 cm³/mol. The molecule has 3 unspecified atom stereocenters. The zero-order chi connectivity index (χ0) is 30.5. The van der Waals surface area contributed by atoms with Crippen LogP contribution in [0.25, 0.3) is 0 Å². The van der Waals surface area contributed by atoms with Gasteiger partial charge in [-0.25, -0.2) is 0 Å². The molecule has 0 bridgehead atoms. The van der Waals surface area contributed by atoms with Crippen molar-refractivity contribution < 1.29 is 39.6 Å². The summed E-state index contributed by atoms with van der Waals surface area (Å²) in [6.07, 6.45) is 1.69. The normalized spacial score (nSPS) is 24.3. The first-order valence-electron chi connectivity index (χ1n) is 13.0. The smallest absolute Gasteiger partial charge is 0.255 e. The first kappa shape index (κ1) is 35.6. The van der Waals surface area contributed by atoms with Gasteiger partial charge < -0.3 is 41.7 Å². The van der Waals surface area contributed by atoms with E-state index in [4.69, 9.17) is 5.73 Å². The Labute approximate surface area is 260 Å². The van der Waals surface area contributed by atoms with Crippen LogP contribution in [0, 0.1) is 11.8 Å². The number of aromatic hydroxyl groups is 1. The number of Topliss-reactive ketones (excluding diaryl/α,β-unsaturated/α-hetero) is 2. The second kappa shape index (κ2) is 12.9. The highest BCUT2D eigenvalue weighted by atomic mass is 35.5. The number of hydrogen-bond acceptors (Lipinski definition) is 11. The molecule has 1 aromatic rings. The molecule has 0 aliphatic heterocycles. The van der Waals surface area contributed by atoms with Crippen LogP contribution in [0.3, 0.4) is 0 Å². The van der Waals surface area contributed by atoms with E-state index in [1.807, 2.05) is 0 Å². The average Bonchev–Trinajstić information content (AvgIpc) is 2.87. The van der Waals surface area contributed by atoms with E-state index in [1.165, 1.54) is 4.90 Å². The molecule has 236 valence electrons. The number of anilines is 2. The number of halogens is 2. The molecule has 2 amide bonds. The van der Waals surface area contributed by atoms with Crippen LogP contribution in [0.2, 0.25) is 0 Å². The fraction of sp³-hybridized carbons (Fsp3) is 0.429. The van der Waals surface area contributed by atoms with Crippen LogP contribution in [0.15, 0.2) is 41.4 Å². The van der Waals surface area contributed by atoms with E-state index < -0.39 is 69.7 Å². The van der Waals surface area contributed by atoms with Gasteiger partial charge in [0.25, 0.3) is 5.91 Å². The number of nitrogens with two attached hydrogens (primary N) is 1. The first-order chi connectivity index (χ1) is 19.2. The van der Waals surface area contributed by atoms with Crippen molar-refractivity contribution in [1.29, 1.82) is 0 Å². The summed E-state index contributed by atoms with van der Waals surface area (Å²) in [5, 5.41) is 50.7. The van der Waals surface area contributed by atoms with Crippen LogP contribution in [0.4, 0.5) is 11.4 Å². The molecule has 43 heavy (non-hydrogen) atoms. The van der Waals surface area contributed by atoms with Crippen molar-refractivity contribution in [3.8, 4) is 5.75 Å². The van der Waals surface area contributed by atoms with Gasteiger partial charge in [0, 0.05) is 37.8 Å². The van der Waals surface area contributed by atoms with Crippen LogP contribution in [0.5, 0.6) is 5.75 Å². The standard InChI is InChI=1S/C28H35N5O8.2ClH/c1-6-7-30-11-17(34)31-15-10-16(32(2)3)13-8-12-9-14-21(33(4)5)24(37)20(27(29)40)26(39)28(14,41)25(38)18(12)23(36)19(13)22(15)35;;/h6,10,12,14,21,30,35,37-38,41H,1,7-9,11H2,2-5H3,(H2,29,40)(H,31,34);2*1H/t12?,14?,21-,28?;;/m0../s1. The minimum absolute atomic E-state index is 0. The number of aliphatic hydroxyl groups excluding tert-OH is 2. The number of fused-ring (bicyclic) bond motifs is 3. The van der Waals surface area contributed by atoms with Crippen LogP contribution in [0.1, 0.15) is 22.3 Å². The van der Waals surface area contributed by atoms with Crippen molar-refractivity contribution in [3.63, 3.8) is 0 Å². The molecular weight excluding hydrogens is 605 g/mol. The summed E-state index contributed by atoms with van der Waals surface area (Å²) < 4.78 is 0. The van der Waals surface area contributed by atoms with Crippen molar-refractivity contribution >= 4 is 59.6 Å². The van der Waals surface area contributed by atoms with Gasteiger partial charge in [-0.1, -0.05) is 6.08 Å². The molecule has 3 aliphatic rings. The molecule has 0 spiro atoms. The lowest BCUT2D eigenvalue weighted by atomic mass is 9.58. The van der Waals surface area contributed by atoms with E-state index in [-0.39, 0.29) is 61.0 Å². The monoisotopic (exact) mass is 641 g/mol. The lowest BCUT2D eigenvalue weighted by Gasteiger charge is -2.50. The molecule has 4 atom stereocenters. The fourth-order valence-corrected chi connectivity index (χ4v) is 6.28. The van der Waals surface area contributed by atoms with Gasteiger partial charge in [-0.2, -0.15) is 0 Å². The Bertz CT molecular complexity index is 1440. The number of benzene rings is 1. The number of allylic oxidation sites excluding steroid dienone is 1. The number of phenols is 1. The van der Waals surface area contributed by atoms with Gasteiger partial charge in [-0.15, -0.1) is 31.4 Å². The second-order valence-electron chi connectivity index (χ2n) is 11.0. The molecule has 4 rings (SSSR count). The maximum Gasteiger partial charge on any atom is 0.255 e. The van der Waals surface area contributed by atoms with Crippen LogP contribution < -0.4 is 21.3 Å². The molecule has 1 aromatic carbocycles. The number of carbonyl (C=O) groups excluding carboxylic acids is 4. The summed E-state index contributed by atoms with van der Waals surface area (Å²) in [5.74, 6) is -7.86. The van der Waals surface area contributed by atoms with E-state index in [1.54, 1.807) is 45.2 Å². The molecule has 0 aromatic heterocycles. The molecule has 0 heterocycles. The van der Waals surface area contributed by atoms with Crippen molar-refractivity contribution in [3.05, 3.63) is 52.5 Å². The number of ketones is 2. The third-order valence-electron chi connectivity index (χ3n) is 8.03. The molecule has 0 saturated heterocycles. The molecular formula is C28H37Cl2N5O8. The molecule has 13 nitrogen and oxygen atoms in total. The number of nitrogens with zero attached hydrogens (tertiary/aromatic N) is 2. The fourth-order valence-electron chi connectivity index (χ4n) is 6.28. The maximum absolute atomic E-state index is 14.0. The number of nitrogens with one attached hydrogen (secondary N) is 2. The van der Waals surface area contributed by atoms with Crippen LogP contribution in [-0.2, 0) is 20.8 Å². The Balaban J connectivity index is 0.00000323. The largest absolute Gasteiger partial charge is 0.510 e. The van der Waals surface area contributed by atoms with E-state index in [0.29, 0.717) is 17.8 Å². The Morgan fingerprint density at radius 2 is 1.79 bits per heavy atom. The quantitative estimate of drug-likeness (QED) is 0.0912. The Morgan fingerprint density at radius 3 is 2.33 bits per heavy atom. The van der Waals surface area contributed by atoms with Crippen molar-refractivity contribution in [2.75, 3.05) is 51.5 Å². The summed E-state index contributed by atoms with van der Waals surface area (Å²) in [6, 6.07) is 0.468. The Morgan fingerprint density at radius 1 is 1.16 bits per heavy atom. The summed E-state index contributed by atoms with van der Waals surface area (Å²) in [7, 11) is 6.59. The second-order valence-corrected chi connectivity index (χ2v) is 11.0. The zero-order valence-corrected chi connectivity index (χ0v) is 25.8. The third kappa shape index (κ3) is 5.58. The predicted octanol–water partition coefficient (Wildman–Crippen LogP) is 0.744. The van der Waals surface area contributed by atoms with Crippen molar-refractivity contribution in [1.82, 2.24) is 10.2 Å². The Hall–Kier alpha value is -3.62. The number of carbonyl (C=O) groups is 4. The van der Waals surface area contributed by atoms with Crippen LogP contribution in [-0.4, -0.2) is 102 Å². The number of likely N-dealkylation sites (N-methyl/N-ethyl adjacent to an activating group) is 1. The Kier molecular flexibility index (Phi) is 10.7. The number of hydrogen-bond donors (Lipinski definition) is 7. The van der Waals surface area contributed by atoms with Crippen LogP contribution >= 0.6 is 24.8 Å². The van der Waals surface area contributed by atoms with Gasteiger partial charge in [0.2, 0.25) is 11.7 Å². The van der Waals surface area contributed by atoms with Crippen molar-refractivity contribution in [2.24, 2.45) is 17.6 Å². The number of amides is 2. The average molecular weight is 643 g/mol. The van der Waals surface area contributed by atoms with E-state index in [9.17, 15) is 39.6 Å². The van der Waals surface area contributed by atoms with Gasteiger partial charge in [-0.3, -0.25) is 24.1 Å². The number of phenolic OH excluding ortho intramolecular Hbond substituents is 1. The maximum atomic E-state index is 14.0. The highest BCUT2D eigenvalue weighted by molar-refractivity contribution is 6.25. The lowest BCUT2D eigenvalue weighted by Crippen LogP contribution is -2.63. The number of primary amides is 1.